The Balaban J connectivity index is 0.00000441. The molecule has 0 unspecified atom stereocenters. The van der Waals surface area contributed by atoms with E-state index >= 15 is 0 Å². The number of guanidine groups is 1. The van der Waals surface area contributed by atoms with Gasteiger partial charge in [-0.25, -0.2) is 8.42 Å². The van der Waals surface area contributed by atoms with E-state index in [1.54, 1.807) is 32.4 Å². The third-order valence-corrected chi connectivity index (χ3v) is 3.64. The van der Waals surface area contributed by atoms with Gasteiger partial charge in [0.15, 0.2) is 17.5 Å². The van der Waals surface area contributed by atoms with Crippen LogP contribution < -0.4 is 20.5 Å². The summed E-state index contributed by atoms with van der Waals surface area (Å²) in [5.74, 6) is 1.51. The molecule has 1 rings (SSSR count). The van der Waals surface area contributed by atoms with Crippen LogP contribution in [0, 0.1) is 0 Å². The minimum absolute atomic E-state index is 0. The number of hydrogen-bond acceptors (Lipinski definition) is 5. The van der Waals surface area contributed by atoms with E-state index in [1.165, 1.54) is 6.26 Å². The second-order valence-electron chi connectivity index (χ2n) is 4.45. The Morgan fingerprint density at radius 2 is 1.91 bits per heavy atom. The van der Waals surface area contributed by atoms with Crippen molar-refractivity contribution in [3.05, 3.63) is 18.2 Å². The highest BCUT2D eigenvalue weighted by Gasteiger charge is 2.05. The fourth-order valence-corrected chi connectivity index (χ4v) is 2.28. The Hall–Kier alpha value is -1.23. The summed E-state index contributed by atoms with van der Waals surface area (Å²) in [6.45, 7) is 0.346. The first-order chi connectivity index (χ1) is 9.85. The monoisotopic (exact) mass is 443 g/mol. The number of sulfone groups is 1. The first-order valence-electron chi connectivity index (χ1n) is 6.32. The summed E-state index contributed by atoms with van der Waals surface area (Å²) in [6.07, 6.45) is 1.63. The Morgan fingerprint density at radius 1 is 1.27 bits per heavy atom. The second-order valence-corrected chi connectivity index (χ2v) is 6.70. The zero-order chi connectivity index (χ0) is 15.9. The first kappa shape index (κ1) is 20.8. The highest BCUT2D eigenvalue weighted by molar-refractivity contribution is 14.0. The molecule has 126 valence electrons. The van der Waals surface area contributed by atoms with Crippen molar-refractivity contribution in [3.63, 3.8) is 0 Å². The number of nitrogens with two attached hydrogens (primary N) is 1. The summed E-state index contributed by atoms with van der Waals surface area (Å²) >= 11 is 0. The predicted molar refractivity (Wildman–Crippen MR) is 99.4 cm³/mol. The van der Waals surface area contributed by atoms with Crippen LogP contribution in [0.4, 0.5) is 5.69 Å². The lowest BCUT2D eigenvalue weighted by molar-refractivity contribution is 0.355. The Bertz CT molecular complexity index is 605. The van der Waals surface area contributed by atoms with Gasteiger partial charge in [-0.05, 0) is 18.6 Å². The molecule has 0 saturated heterocycles. The van der Waals surface area contributed by atoms with E-state index in [0.29, 0.717) is 30.2 Å². The van der Waals surface area contributed by atoms with Crippen molar-refractivity contribution in [2.24, 2.45) is 10.7 Å². The van der Waals surface area contributed by atoms with Gasteiger partial charge in [0.2, 0.25) is 0 Å². The summed E-state index contributed by atoms with van der Waals surface area (Å²) < 4.78 is 32.3. The van der Waals surface area contributed by atoms with E-state index in [4.69, 9.17) is 15.2 Å². The third kappa shape index (κ3) is 7.69. The van der Waals surface area contributed by atoms with E-state index in [-0.39, 0.29) is 35.7 Å². The topological polar surface area (TPSA) is 103 Å². The van der Waals surface area contributed by atoms with Crippen molar-refractivity contribution in [1.29, 1.82) is 0 Å². The number of benzene rings is 1. The van der Waals surface area contributed by atoms with E-state index < -0.39 is 9.84 Å². The molecule has 0 aromatic heterocycles. The maximum atomic E-state index is 11.0. The van der Waals surface area contributed by atoms with Crippen LogP contribution in [0.1, 0.15) is 6.42 Å². The van der Waals surface area contributed by atoms with Gasteiger partial charge in [-0.15, -0.1) is 24.0 Å². The number of halogens is 1. The molecule has 1 aromatic rings. The highest BCUT2D eigenvalue weighted by Crippen LogP contribution is 2.29. The minimum atomic E-state index is -2.96. The van der Waals surface area contributed by atoms with Gasteiger partial charge < -0.3 is 20.5 Å². The van der Waals surface area contributed by atoms with Crippen LogP contribution >= 0.6 is 24.0 Å². The van der Waals surface area contributed by atoms with Crippen LogP contribution in [0.15, 0.2) is 23.2 Å². The summed E-state index contributed by atoms with van der Waals surface area (Å²) in [5.41, 5.74) is 6.44. The van der Waals surface area contributed by atoms with E-state index in [1.807, 2.05) is 0 Å². The van der Waals surface area contributed by atoms with Gasteiger partial charge in [0.05, 0.1) is 20.0 Å². The number of ether oxygens (including phenoxy) is 2. The molecule has 7 nitrogen and oxygen atoms in total. The van der Waals surface area contributed by atoms with Crippen LogP contribution in [0.2, 0.25) is 0 Å². The molecule has 9 heteroatoms. The van der Waals surface area contributed by atoms with E-state index in [2.05, 4.69) is 10.3 Å². The molecule has 0 fully saturated rings. The summed E-state index contributed by atoms with van der Waals surface area (Å²) in [6, 6.07) is 5.26. The van der Waals surface area contributed by atoms with Gasteiger partial charge in [-0.2, -0.15) is 0 Å². The van der Waals surface area contributed by atoms with Gasteiger partial charge in [0, 0.05) is 24.6 Å². The Kier molecular flexibility index (Phi) is 9.18. The molecule has 22 heavy (non-hydrogen) atoms. The van der Waals surface area contributed by atoms with Crippen molar-refractivity contribution in [2.45, 2.75) is 6.42 Å². The fourth-order valence-electron chi connectivity index (χ4n) is 1.63. The zero-order valence-corrected chi connectivity index (χ0v) is 16.0. The van der Waals surface area contributed by atoms with Crippen LogP contribution in [0.3, 0.4) is 0 Å². The van der Waals surface area contributed by atoms with Gasteiger partial charge in [-0.3, -0.25) is 4.99 Å². The maximum Gasteiger partial charge on any atom is 0.193 e. The van der Waals surface area contributed by atoms with Crippen LogP contribution in [0.25, 0.3) is 0 Å². The van der Waals surface area contributed by atoms with Gasteiger partial charge >= 0.3 is 0 Å². The average Bonchev–Trinajstić information content (AvgIpc) is 2.42. The number of nitrogens with zero attached hydrogens (tertiary/aromatic N) is 1. The molecule has 0 aliphatic carbocycles. The number of aliphatic imine (C=N–C) groups is 1. The van der Waals surface area contributed by atoms with Crippen molar-refractivity contribution >= 4 is 45.5 Å². The Labute approximate surface area is 148 Å². The normalized spacial score (nSPS) is 11.5. The van der Waals surface area contributed by atoms with Crippen molar-refractivity contribution in [1.82, 2.24) is 0 Å². The summed E-state index contributed by atoms with van der Waals surface area (Å²) in [4.78, 5) is 4.07. The first-order valence-corrected chi connectivity index (χ1v) is 8.38. The lowest BCUT2D eigenvalue weighted by Gasteiger charge is -2.10. The molecule has 1 aromatic carbocycles. The van der Waals surface area contributed by atoms with Crippen molar-refractivity contribution in [2.75, 3.05) is 38.1 Å². The molecule has 3 N–H and O–H groups in total. The van der Waals surface area contributed by atoms with Crippen LogP contribution in [-0.2, 0) is 9.84 Å². The summed E-state index contributed by atoms with van der Waals surface area (Å²) in [7, 11) is 0.145. The Morgan fingerprint density at radius 3 is 2.45 bits per heavy atom. The maximum absolute atomic E-state index is 11.0. The quantitative estimate of drug-likeness (QED) is 0.287. The molecule has 0 spiro atoms. The summed E-state index contributed by atoms with van der Waals surface area (Å²) in [5, 5.41) is 2.91. The molecule has 0 atom stereocenters. The van der Waals surface area contributed by atoms with E-state index in [0.717, 1.165) is 0 Å². The number of hydrogen-bond donors (Lipinski definition) is 2. The number of methoxy groups -OCH3 is 2. The molecule has 0 radical (unpaired) electrons. The van der Waals surface area contributed by atoms with Crippen molar-refractivity contribution < 1.29 is 17.9 Å². The second kappa shape index (κ2) is 9.72. The average molecular weight is 443 g/mol. The number of rotatable bonds is 7. The standard InChI is InChI=1S/C13H21N3O4S.HI/c1-19-11-6-5-10(9-12(11)20-2)16-13(14)15-7-4-8-21(3,17)18;/h5-6,9H,4,7-8H2,1-3H3,(H3,14,15,16);1H. The highest BCUT2D eigenvalue weighted by atomic mass is 127. The molecule has 0 aliphatic heterocycles. The molecular weight excluding hydrogens is 421 g/mol. The largest absolute Gasteiger partial charge is 0.493 e. The molecule has 0 bridgehead atoms. The molecule has 0 heterocycles. The zero-order valence-electron chi connectivity index (χ0n) is 12.8. The van der Waals surface area contributed by atoms with Gasteiger partial charge in [0.25, 0.3) is 0 Å². The molecule has 0 aliphatic rings. The molecule has 0 saturated carbocycles. The third-order valence-electron chi connectivity index (χ3n) is 2.61. The smallest absolute Gasteiger partial charge is 0.193 e. The molecular formula is C13H22IN3O4S. The van der Waals surface area contributed by atoms with Crippen LogP contribution in [0.5, 0.6) is 11.5 Å². The lowest BCUT2D eigenvalue weighted by atomic mass is 10.3. The number of anilines is 1. The molecule has 0 amide bonds. The number of nitrogens with one attached hydrogen (secondary N) is 1. The minimum Gasteiger partial charge on any atom is -0.493 e. The predicted octanol–water partition coefficient (Wildman–Crippen LogP) is 1.48. The van der Waals surface area contributed by atoms with Gasteiger partial charge in [-0.1, -0.05) is 0 Å². The van der Waals surface area contributed by atoms with E-state index in [9.17, 15) is 8.42 Å². The lowest BCUT2D eigenvalue weighted by Crippen LogP contribution is -2.23. The van der Waals surface area contributed by atoms with Gasteiger partial charge in [0.1, 0.15) is 9.84 Å². The SMILES string of the molecule is COc1ccc(NC(N)=NCCCS(C)(=O)=O)cc1OC.I. The fraction of sp³-hybridized carbons (Fsp3) is 0.462. The van der Waals surface area contributed by atoms with Crippen LogP contribution in [-0.4, -0.2) is 47.2 Å². The van der Waals surface area contributed by atoms with Crippen molar-refractivity contribution in [3.8, 4) is 11.5 Å².